The Labute approximate surface area is 139 Å². The maximum atomic E-state index is 11.6. The number of nitrogens with two attached hydrogens (primary N) is 1. The van der Waals surface area contributed by atoms with Gasteiger partial charge < -0.3 is 5.32 Å². The quantitative estimate of drug-likeness (QED) is 0.760. The van der Waals surface area contributed by atoms with E-state index in [0.29, 0.717) is 22.4 Å². The van der Waals surface area contributed by atoms with Crippen LogP contribution in [0.4, 0.5) is 5.95 Å². The molecule has 0 spiro atoms. The van der Waals surface area contributed by atoms with Gasteiger partial charge in [-0.1, -0.05) is 6.08 Å². The first-order valence-corrected chi connectivity index (χ1v) is 8.95. The summed E-state index contributed by atoms with van der Waals surface area (Å²) >= 11 is 6.51. The van der Waals surface area contributed by atoms with Crippen molar-refractivity contribution in [3.8, 4) is 0 Å². The van der Waals surface area contributed by atoms with Crippen LogP contribution in [0.3, 0.4) is 0 Å². The summed E-state index contributed by atoms with van der Waals surface area (Å²) in [7, 11) is -3.79. The number of hydrogen-bond acceptors (Lipinski definition) is 5. The van der Waals surface area contributed by atoms with Gasteiger partial charge in [-0.2, -0.15) is 0 Å². The molecule has 0 unspecified atom stereocenters. The molecular weight excluding hydrogens is 424 g/mol. The number of aromatic nitrogens is 2. The van der Waals surface area contributed by atoms with Crippen LogP contribution in [-0.4, -0.2) is 18.4 Å². The third-order valence-electron chi connectivity index (χ3n) is 2.64. The summed E-state index contributed by atoms with van der Waals surface area (Å²) in [5.74, 6) is 0.431. The largest absolute Gasteiger partial charge is 0.328 e. The van der Waals surface area contributed by atoms with E-state index in [1.807, 2.05) is 0 Å². The van der Waals surface area contributed by atoms with Crippen LogP contribution in [-0.2, 0) is 10.0 Å². The van der Waals surface area contributed by atoms with Gasteiger partial charge in [-0.15, -0.1) is 0 Å². The van der Waals surface area contributed by atoms with Gasteiger partial charge in [-0.25, -0.2) is 23.5 Å². The van der Waals surface area contributed by atoms with Gasteiger partial charge in [0.05, 0.1) is 9.38 Å². The second kappa shape index (κ2) is 6.39. The predicted molar refractivity (Wildman–Crippen MR) is 88.9 cm³/mol. The highest BCUT2D eigenvalue weighted by molar-refractivity contribution is 9.12. The van der Waals surface area contributed by atoms with Crippen molar-refractivity contribution in [3.63, 3.8) is 0 Å². The zero-order chi connectivity index (χ0) is 15.6. The molecule has 0 aliphatic heterocycles. The number of sulfonamides is 1. The molecule has 0 bridgehead atoms. The van der Waals surface area contributed by atoms with E-state index in [-0.39, 0.29) is 4.91 Å². The fraction of sp³-hybridized carbons (Fsp3) is 0.167. The third-order valence-corrected chi connectivity index (χ3v) is 5.15. The molecule has 2 rings (SSSR count). The van der Waals surface area contributed by atoms with E-state index in [1.54, 1.807) is 31.5 Å². The number of hydrogen-bond donors (Lipinski definition) is 2. The molecule has 6 nitrogen and oxygen atoms in total. The van der Waals surface area contributed by atoms with Crippen molar-refractivity contribution in [2.24, 2.45) is 5.14 Å². The summed E-state index contributed by atoms with van der Waals surface area (Å²) in [5.41, 5.74) is 1.31. The van der Waals surface area contributed by atoms with Gasteiger partial charge in [-0.05, 0) is 50.4 Å². The Hall–Kier alpha value is -1.03. The molecule has 0 amide bonds. The van der Waals surface area contributed by atoms with Crippen LogP contribution in [0.2, 0.25) is 0 Å². The van der Waals surface area contributed by atoms with Crippen molar-refractivity contribution in [2.45, 2.75) is 13.3 Å². The molecule has 0 aromatic carbocycles. The molecule has 1 heterocycles. The minimum atomic E-state index is -3.79. The molecule has 1 aromatic heterocycles. The molecule has 1 aliphatic rings. The molecule has 9 heteroatoms. The Bertz CT molecular complexity index is 752. The highest BCUT2D eigenvalue weighted by atomic mass is 79.9. The molecule has 112 valence electrons. The summed E-state index contributed by atoms with van der Waals surface area (Å²) in [4.78, 5) is 8.31. The van der Waals surface area contributed by atoms with Crippen molar-refractivity contribution < 1.29 is 8.42 Å². The van der Waals surface area contributed by atoms with Gasteiger partial charge in [0.1, 0.15) is 0 Å². The monoisotopic (exact) mass is 434 g/mol. The van der Waals surface area contributed by atoms with E-state index in [0.717, 1.165) is 10.2 Å². The lowest BCUT2D eigenvalue weighted by Crippen LogP contribution is -2.16. The van der Waals surface area contributed by atoms with E-state index in [1.165, 1.54) is 0 Å². The molecule has 0 radical (unpaired) electrons. The van der Waals surface area contributed by atoms with Crippen LogP contribution in [0.25, 0.3) is 0 Å². The number of allylic oxidation sites excluding steroid dienone is 4. The van der Waals surface area contributed by atoms with E-state index in [4.69, 9.17) is 5.14 Å². The van der Waals surface area contributed by atoms with E-state index < -0.39 is 10.0 Å². The van der Waals surface area contributed by atoms with E-state index in [2.05, 4.69) is 47.1 Å². The molecule has 0 saturated heterocycles. The average molecular weight is 436 g/mol. The summed E-state index contributed by atoms with van der Waals surface area (Å²) in [6, 6.07) is 0. The second-order valence-electron chi connectivity index (χ2n) is 4.33. The van der Waals surface area contributed by atoms with Crippen LogP contribution >= 0.6 is 31.9 Å². The zero-order valence-corrected chi connectivity index (χ0v) is 15.0. The fourth-order valence-corrected chi connectivity index (χ4v) is 4.05. The smallest absolute Gasteiger partial charge is 0.239 e. The number of nitrogens with zero attached hydrogens (tertiary/aromatic N) is 2. The molecular formula is C12H12Br2N4O2S. The highest BCUT2D eigenvalue weighted by Gasteiger charge is 2.20. The maximum Gasteiger partial charge on any atom is 0.239 e. The summed E-state index contributed by atoms with van der Waals surface area (Å²) in [6.45, 7) is 1.68. The van der Waals surface area contributed by atoms with Gasteiger partial charge in [0.15, 0.2) is 0 Å². The fourth-order valence-electron chi connectivity index (χ4n) is 1.83. The second-order valence-corrected chi connectivity index (χ2v) is 7.60. The summed E-state index contributed by atoms with van der Waals surface area (Å²) < 4.78 is 24.5. The highest BCUT2D eigenvalue weighted by Crippen LogP contribution is 2.30. The minimum absolute atomic E-state index is 0.0797. The van der Waals surface area contributed by atoms with Gasteiger partial charge in [0.2, 0.25) is 16.0 Å². The first kappa shape index (κ1) is 16.3. The SMILES string of the molecule is CC1=C(S(N)(=O)=O)C(Br)=CCC(Nc2ncc(Br)cn2)=C1. The van der Waals surface area contributed by atoms with Crippen molar-refractivity contribution >= 4 is 47.8 Å². The Morgan fingerprint density at radius 1 is 1.29 bits per heavy atom. The lowest BCUT2D eigenvalue weighted by molar-refractivity contribution is 0.604. The zero-order valence-electron chi connectivity index (χ0n) is 11.0. The van der Waals surface area contributed by atoms with Crippen molar-refractivity contribution in [1.29, 1.82) is 0 Å². The van der Waals surface area contributed by atoms with Crippen LogP contribution in [0.15, 0.2) is 49.7 Å². The van der Waals surface area contributed by atoms with Crippen molar-refractivity contribution in [2.75, 3.05) is 5.32 Å². The maximum absolute atomic E-state index is 11.6. The van der Waals surface area contributed by atoms with Gasteiger partial charge in [0, 0.05) is 29.0 Å². The summed E-state index contributed by atoms with van der Waals surface area (Å²) in [5, 5.41) is 8.29. The number of nitrogens with one attached hydrogen (secondary N) is 1. The Balaban J connectivity index is 2.35. The van der Waals surface area contributed by atoms with Crippen molar-refractivity contribution in [1.82, 2.24) is 9.97 Å². The van der Waals surface area contributed by atoms with Crippen LogP contribution in [0.5, 0.6) is 0 Å². The topological polar surface area (TPSA) is 98.0 Å². The molecule has 0 atom stereocenters. The molecule has 0 fully saturated rings. The van der Waals surface area contributed by atoms with Gasteiger partial charge >= 0.3 is 0 Å². The van der Waals surface area contributed by atoms with Crippen LogP contribution in [0.1, 0.15) is 13.3 Å². The van der Waals surface area contributed by atoms with Crippen LogP contribution < -0.4 is 10.5 Å². The minimum Gasteiger partial charge on any atom is -0.328 e. The molecule has 0 saturated carbocycles. The standard InChI is InChI=1S/C12H12Br2N4O2S/c1-7-4-9(18-12-16-5-8(13)6-17-12)2-3-10(14)11(7)21(15,19)20/h3-6H,2H2,1H3,(H2,15,19,20)(H,16,17,18). The molecule has 3 N–H and O–H groups in total. The van der Waals surface area contributed by atoms with E-state index in [9.17, 15) is 8.42 Å². The van der Waals surface area contributed by atoms with E-state index >= 15 is 0 Å². The Morgan fingerprint density at radius 3 is 2.48 bits per heavy atom. The Kier molecular flexibility index (Phi) is 4.97. The average Bonchev–Trinajstić information content (AvgIpc) is 2.50. The number of rotatable bonds is 3. The molecule has 1 aromatic rings. The normalized spacial score (nSPS) is 16.2. The number of primary sulfonamides is 1. The third kappa shape index (κ3) is 4.22. The molecule has 21 heavy (non-hydrogen) atoms. The number of anilines is 1. The lowest BCUT2D eigenvalue weighted by Gasteiger charge is -2.07. The van der Waals surface area contributed by atoms with Crippen LogP contribution in [0, 0.1) is 0 Å². The number of halogens is 2. The predicted octanol–water partition coefficient (Wildman–Crippen LogP) is 2.78. The van der Waals surface area contributed by atoms with Crippen molar-refractivity contribution in [3.05, 3.63) is 49.7 Å². The lowest BCUT2D eigenvalue weighted by atomic mass is 10.2. The first-order chi connectivity index (χ1) is 9.77. The van der Waals surface area contributed by atoms with Gasteiger partial charge in [0.25, 0.3) is 0 Å². The first-order valence-electron chi connectivity index (χ1n) is 5.82. The summed E-state index contributed by atoms with van der Waals surface area (Å²) in [6.07, 6.45) is 7.19. The Morgan fingerprint density at radius 2 is 1.90 bits per heavy atom. The molecule has 1 aliphatic carbocycles. The van der Waals surface area contributed by atoms with Gasteiger partial charge in [-0.3, -0.25) is 0 Å².